The molecule has 0 atom stereocenters. The Labute approximate surface area is 223 Å². The first-order valence-corrected chi connectivity index (χ1v) is 13.4. The predicted molar refractivity (Wildman–Crippen MR) is 149 cm³/mol. The maximum absolute atomic E-state index is 12.9. The van der Waals surface area contributed by atoms with Crippen molar-refractivity contribution in [1.82, 2.24) is 19.9 Å². The van der Waals surface area contributed by atoms with E-state index >= 15 is 0 Å². The van der Waals surface area contributed by atoms with Gasteiger partial charge in [-0.3, -0.25) is 4.79 Å². The zero-order chi connectivity index (χ0) is 26.3. The van der Waals surface area contributed by atoms with Crippen molar-refractivity contribution in [2.24, 2.45) is 5.92 Å². The normalized spacial score (nSPS) is 14.0. The molecule has 0 aliphatic carbocycles. The lowest BCUT2D eigenvalue weighted by Gasteiger charge is -2.32. The van der Waals surface area contributed by atoms with Gasteiger partial charge in [0.25, 0.3) is 0 Å². The van der Waals surface area contributed by atoms with E-state index in [1.807, 2.05) is 59.2 Å². The number of amides is 1. The lowest BCUT2D eigenvalue weighted by molar-refractivity contribution is -0.125. The van der Waals surface area contributed by atoms with Crippen LogP contribution in [0.3, 0.4) is 0 Å². The minimum absolute atomic E-state index is 0.0146. The fourth-order valence-electron chi connectivity index (χ4n) is 4.88. The second-order valence-corrected chi connectivity index (χ2v) is 9.63. The third kappa shape index (κ3) is 5.74. The lowest BCUT2D eigenvalue weighted by Crippen LogP contribution is -2.40. The molecule has 0 radical (unpaired) electrons. The number of carbonyl (C=O) groups is 1. The fraction of sp³-hybridized carbons (Fsp3) is 0.367. The van der Waals surface area contributed by atoms with Gasteiger partial charge in [0.1, 0.15) is 17.0 Å². The zero-order valence-electron chi connectivity index (χ0n) is 22.1. The van der Waals surface area contributed by atoms with Gasteiger partial charge in [0, 0.05) is 49.1 Å². The Hall–Kier alpha value is -4.07. The molecule has 0 spiro atoms. The van der Waals surface area contributed by atoms with Crippen LogP contribution in [0.5, 0.6) is 11.5 Å². The van der Waals surface area contributed by atoms with Crippen LogP contribution in [-0.4, -0.2) is 47.3 Å². The SMILES string of the molecule is CCCCOc1ccc(-c2cc3c(N4CCC(C(=O)NCc5ccccc5OC)CC4)nccn3n2)cc1. The number of rotatable bonds is 10. The maximum Gasteiger partial charge on any atom is 0.223 e. The van der Waals surface area contributed by atoms with Gasteiger partial charge in [0.15, 0.2) is 5.82 Å². The molecule has 1 aliphatic rings. The molecule has 1 saturated heterocycles. The second kappa shape index (κ2) is 12.0. The molecule has 1 N–H and O–H groups in total. The monoisotopic (exact) mass is 513 g/mol. The van der Waals surface area contributed by atoms with Crippen LogP contribution in [-0.2, 0) is 11.3 Å². The number of carbonyl (C=O) groups excluding carboxylic acids is 1. The topological polar surface area (TPSA) is 81.0 Å². The molecular formula is C30H35N5O3. The molecular weight excluding hydrogens is 478 g/mol. The first-order chi connectivity index (χ1) is 18.7. The molecule has 8 heteroatoms. The molecule has 3 heterocycles. The van der Waals surface area contributed by atoms with E-state index in [2.05, 4.69) is 28.2 Å². The molecule has 8 nitrogen and oxygen atoms in total. The Morgan fingerprint density at radius 2 is 1.89 bits per heavy atom. The molecule has 38 heavy (non-hydrogen) atoms. The van der Waals surface area contributed by atoms with E-state index in [9.17, 15) is 4.79 Å². The number of para-hydroxylation sites is 1. The van der Waals surface area contributed by atoms with E-state index in [0.717, 1.165) is 85.0 Å². The number of hydrogen-bond donors (Lipinski definition) is 1. The molecule has 2 aromatic heterocycles. The molecule has 198 valence electrons. The van der Waals surface area contributed by atoms with Crippen LogP contribution in [0, 0.1) is 5.92 Å². The standard InChI is InChI=1S/C30H35N5O3/c1-3-4-19-38-25-11-9-22(10-12-25)26-20-27-29(31-15-18-35(27)33-26)34-16-13-23(14-17-34)30(36)32-21-24-7-5-6-8-28(24)37-2/h5-12,15,18,20,23H,3-4,13-14,16-17,19,21H2,1-2H3,(H,32,36). The number of benzene rings is 2. The number of ether oxygens (including phenoxy) is 2. The fourth-order valence-corrected chi connectivity index (χ4v) is 4.88. The minimum Gasteiger partial charge on any atom is -0.496 e. The molecule has 5 rings (SSSR count). The van der Waals surface area contributed by atoms with Crippen LogP contribution in [0.25, 0.3) is 16.8 Å². The zero-order valence-corrected chi connectivity index (χ0v) is 22.1. The van der Waals surface area contributed by atoms with E-state index in [1.165, 1.54) is 0 Å². The summed E-state index contributed by atoms with van der Waals surface area (Å²) in [5.74, 6) is 2.65. The van der Waals surface area contributed by atoms with Gasteiger partial charge >= 0.3 is 0 Å². The van der Waals surface area contributed by atoms with E-state index in [1.54, 1.807) is 13.3 Å². The highest BCUT2D eigenvalue weighted by Crippen LogP contribution is 2.29. The highest BCUT2D eigenvalue weighted by molar-refractivity contribution is 5.80. The Morgan fingerprint density at radius 1 is 1.11 bits per heavy atom. The van der Waals surface area contributed by atoms with Gasteiger partial charge in [0.05, 0.1) is 19.4 Å². The Balaban J connectivity index is 1.22. The number of nitrogens with one attached hydrogen (secondary N) is 1. The number of hydrogen-bond acceptors (Lipinski definition) is 6. The summed E-state index contributed by atoms with van der Waals surface area (Å²) in [5.41, 5.74) is 3.87. The summed E-state index contributed by atoms with van der Waals surface area (Å²) in [6.45, 7) is 4.89. The van der Waals surface area contributed by atoms with E-state index < -0.39 is 0 Å². The predicted octanol–water partition coefficient (Wildman–Crippen LogP) is 5.12. The lowest BCUT2D eigenvalue weighted by atomic mass is 9.95. The molecule has 0 bridgehead atoms. The summed E-state index contributed by atoms with van der Waals surface area (Å²) in [5, 5.41) is 7.88. The molecule has 1 amide bonds. The minimum atomic E-state index is -0.0146. The van der Waals surface area contributed by atoms with Gasteiger partial charge in [-0.15, -0.1) is 0 Å². The van der Waals surface area contributed by atoms with Crippen molar-refractivity contribution in [3.8, 4) is 22.8 Å². The van der Waals surface area contributed by atoms with Crippen LogP contribution >= 0.6 is 0 Å². The van der Waals surface area contributed by atoms with Crippen molar-refractivity contribution in [3.05, 3.63) is 72.6 Å². The van der Waals surface area contributed by atoms with Crippen molar-refractivity contribution in [2.75, 3.05) is 31.7 Å². The quantitative estimate of drug-likeness (QED) is 0.297. The summed E-state index contributed by atoms with van der Waals surface area (Å²) in [4.78, 5) is 19.8. The molecule has 1 aliphatic heterocycles. The van der Waals surface area contributed by atoms with Gasteiger partial charge in [-0.1, -0.05) is 31.5 Å². The van der Waals surface area contributed by atoms with Crippen molar-refractivity contribution in [3.63, 3.8) is 0 Å². The van der Waals surface area contributed by atoms with Crippen molar-refractivity contribution >= 4 is 17.2 Å². The summed E-state index contributed by atoms with van der Waals surface area (Å²) >= 11 is 0. The Kier molecular flexibility index (Phi) is 8.06. The van der Waals surface area contributed by atoms with Gasteiger partial charge < -0.3 is 19.7 Å². The second-order valence-electron chi connectivity index (χ2n) is 9.63. The molecule has 4 aromatic rings. The number of aromatic nitrogens is 3. The molecule has 2 aromatic carbocycles. The Bertz CT molecular complexity index is 1360. The van der Waals surface area contributed by atoms with Gasteiger partial charge in [-0.25, -0.2) is 9.50 Å². The largest absolute Gasteiger partial charge is 0.496 e. The average molecular weight is 514 g/mol. The molecule has 0 saturated carbocycles. The van der Waals surface area contributed by atoms with Crippen LogP contribution in [0.15, 0.2) is 67.0 Å². The van der Waals surface area contributed by atoms with E-state index in [0.29, 0.717) is 6.54 Å². The van der Waals surface area contributed by atoms with Crippen molar-refractivity contribution in [2.45, 2.75) is 39.2 Å². The number of methoxy groups -OCH3 is 1. The summed E-state index contributed by atoms with van der Waals surface area (Å²) in [7, 11) is 1.65. The van der Waals surface area contributed by atoms with Gasteiger partial charge in [0.2, 0.25) is 5.91 Å². The smallest absolute Gasteiger partial charge is 0.223 e. The van der Waals surface area contributed by atoms with E-state index in [-0.39, 0.29) is 11.8 Å². The van der Waals surface area contributed by atoms with Crippen LogP contribution < -0.4 is 19.7 Å². The number of anilines is 1. The molecule has 1 fully saturated rings. The van der Waals surface area contributed by atoms with Crippen molar-refractivity contribution in [1.29, 1.82) is 0 Å². The number of nitrogens with zero attached hydrogens (tertiary/aromatic N) is 4. The van der Waals surface area contributed by atoms with Crippen LogP contribution in [0.1, 0.15) is 38.2 Å². The highest BCUT2D eigenvalue weighted by atomic mass is 16.5. The van der Waals surface area contributed by atoms with Crippen molar-refractivity contribution < 1.29 is 14.3 Å². The number of fused-ring (bicyclic) bond motifs is 1. The number of piperidine rings is 1. The Morgan fingerprint density at radius 3 is 2.66 bits per heavy atom. The van der Waals surface area contributed by atoms with Gasteiger partial charge in [-0.05, 0) is 55.7 Å². The first-order valence-electron chi connectivity index (χ1n) is 13.4. The number of unbranched alkanes of at least 4 members (excludes halogenated alkanes) is 1. The van der Waals surface area contributed by atoms with Crippen LogP contribution in [0.4, 0.5) is 5.82 Å². The summed E-state index contributed by atoms with van der Waals surface area (Å²) < 4.78 is 13.1. The third-order valence-electron chi connectivity index (χ3n) is 7.10. The third-order valence-corrected chi connectivity index (χ3v) is 7.10. The highest BCUT2D eigenvalue weighted by Gasteiger charge is 2.27. The first kappa shape index (κ1) is 25.6. The van der Waals surface area contributed by atoms with E-state index in [4.69, 9.17) is 14.6 Å². The summed E-state index contributed by atoms with van der Waals surface area (Å²) in [6.07, 6.45) is 7.39. The van der Waals surface area contributed by atoms with Crippen LogP contribution in [0.2, 0.25) is 0 Å². The average Bonchev–Trinajstić information content (AvgIpc) is 3.41. The van der Waals surface area contributed by atoms with Gasteiger partial charge in [-0.2, -0.15) is 5.10 Å². The maximum atomic E-state index is 12.9. The molecule has 0 unspecified atom stereocenters. The summed E-state index contributed by atoms with van der Waals surface area (Å²) in [6, 6.07) is 17.9.